The van der Waals surface area contributed by atoms with Gasteiger partial charge in [-0.15, -0.1) is 10.2 Å². The zero-order valence-corrected chi connectivity index (χ0v) is 14.3. The molecule has 1 aromatic heterocycles. The van der Waals surface area contributed by atoms with Gasteiger partial charge in [0.25, 0.3) is 0 Å². The fraction of sp³-hybridized carbons (Fsp3) is 0.429. The molecular weight excluding hydrogens is 304 g/mol. The van der Waals surface area contributed by atoms with Crippen LogP contribution < -0.4 is 15.0 Å². The number of rotatable bonds is 7. The van der Waals surface area contributed by atoms with Gasteiger partial charge in [0.15, 0.2) is 4.34 Å². The first-order chi connectivity index (χ1) is 10.2. The Morgan fingerprint density at radius 1 is 1.33 bits per heavy atom. The number of benzene rings is 1. The van der Waals surface area contributed by atoms with Crippen LogP contribution in [-0.4, -0.2) is 44.2 Å². The second kappa shape index (κ2) is 7.63. The number of nitrogens with one attached hydrogen (secondary N) is 1. The van der Waals surface area contributed by atoms with E-state index < -0.39 is 0 Å². The smallest absolute Gasteiger partial charge is 0.208 e. The number of hydrogen-bond acceptors (Lipinski definition) is 7. The quantitative estimate of drug-likeness (QED) is 0.790. The van der Waals surface area contributed by atoms with Gasteiger partial charge >= 0.3 is 0 Å². The van der Waals surface area contributed by atoms with Crippen LogP contribution in [0, 0.1) is 0 Å². The lowest BCUT2D eigenvalue weighted by atomic mass is 10.1. The first-order valence-corrected chi connectivity index (χ1v) is 8.39. The van der Waals surface area contributed by atoms with E-state index in [1.54, 1.807) is 30.2 Å². The second-order valence-corrected chi connectivity index (χ2v) is 6.86. The van der Waals surface area contributed by atoms with Crippen LogP contribution in [-0.2, 0) is 0 Å². The maximum atomic E-state index is 5.43. The number of aromatic nitrogens is 2. The molecule has 0 bridgehead atoms. The van der Waals surface area contributed by atoms with E-state index in [4.69, 9.17) is 4.74 Å². The van der Waals surface area contributed by atoms with E-state index >= 15 is 0 Å². The molecule has 21 heavy (non-hydrogen) atoms. The summed E-state index contributed by atoms with van der Waals surface area (Å²) in [5.74, 6) is 1.78. The summed E-state index contributed by atoms with van der Waals surface area (Å²) in [7, 11) is 7.61. The number of hydrogen-bond donors (Lipinski definition) is 1. The van der Waals surface area contributed by atoms with Crippen molar-refractivity contribution in [3.8, 4) is 5.75 Å². The predicted molar refractivity (Wildman–Crippen MR) is 89.8 cm³/mol. The van der Waals surface area contributed by atoms with E-state index in [-0.39, 0.29) is 6.04 Å². The first kappa shape index (κ1) is 16.1. The van der Waals surface area contributed by atoms with Crippen molar-refractivity contribution in [2.24, 2.45) is 0 Å². The van der Waals surface area contributed by atoms with Gasteiger partial charge in [0.1, 0.15) is 5.75 Å². The van der Waals surface area contributed by atoms with Crippen molar-refractivity contribution in [3.05, 3.63) is 29.8 Å². The summed E-state index contributed by atoms with van der Waals surface area (Å²) >= 11 is 3.31. The molecule has 2 aromatic rings. The largest absolute Gasteiger partial charge is 0.496 e. The molecule has 0 aliphatic heterocycles. The highest BCUT2D eigenvalue weighted by Crippen LogP contribution is 2.32. The van der Waals surface area contributed by atoms with Crippen molar-refractivity contribution < 1.29 is 4.74 Å². The van der Waals surface area contributed by atoms with Gasteiger partial charge in [-0.1, -0.05) is 41.3 Å². The van der Waals surface area contributed by atoms with Crippen LogP contribution in [0.5, 0.6) is 5.75 Å². The molecule has 7 heteroatoms. The van der Waals surface area contributed by atoms with Crippen LogP contribution in [0.2, 0.25) is 0 Å². The summed E-state index contributed by atoms with van der Waals surface area (Å²) < 4.78 is 6.41. The third-order valence-electron chi connectivity index (χ3n) is 3.01. The van der Waals surface area contributed by atoms with E-state index in [1.165, 1.54) is 0 Å². The molecule has 0 aliphatic rings. The fourth-order valence-corrected chi connectivity index (χ4v) is 3.80. The summed E-state index contributed by atoms with van der Waals surface area (Å²) in [6.07, 6.45) is 0. The number of para-hydroxylation sites is 1. The second-order valence-electron chi connectivity index (χ2n) is 4.64. The van der Waals surface area contributed by atoms with Crippen LogP contribution in [0.3, 0.4) is 0 Å². The molecule has 1 unspecified atom stereocenters. The molecule has 0 radical (unpaired) electrons. The molecular formula is C14H20N4OS2. The maximum absolute atomic E-state index is 5.43. The van der Waals surface area contributed by atoms with Crippen molar-refractivity contribution in [1.82, 2.24) is 15.5 Å². The number of nitrogens with zero attached hydrogens (tertiary/aromatic N) is 3. The molecule has 1 aromatic carbocycles. The van der Waals surface area contributed by atoms with Crippen LogP contribution in [0.25, 0.3) is 0 Å². The molecule has 1 atom stereocenters. The fourth-order valence-electron chi connectivity index (χ4n) is 1.88. The van der Waals surface area contributed by atoms with E-state index in [9.17, 15) is 0 Å². The lowest BCUT2D eigenvalue weighted by Crippen LogP contribution is -2.19. The van der Waals surface area contributed by atoms with Crippen molar-refractivity contribution in [2.75, 3.05) is 38.9 Å². The molecule has 5 nitrogen and oxygen atoms in total. The van der Waals surface area contributed by atoms with E-state index in [0.717, 1.165) is 26.5 Å². The summed E-state index contributed by atoms with van der Waals surface area (Å²) in [6.45, 7) is 0. The molecule has 0 spiro atoms. The Hall–Kier alpha value is -1.31. The van der Waals surface area contributed by atoms with Crippen LogP contribution >= 0.6 is 23.1 Å². The highest BCUT2D eigenvalue weighted by molar-refractivity contribution is 8.01. The minimum absolute atomic E-state index is 0.206. The predicted octanol–water partition coefficient (Wildman–Crippen LogP) is 2.67. The Balaban J connectivity index is 2.05. The standard InChI is InChI=1S/C14H20N4OS2/c1-15-11(10-7-5-6-8-12(10)19-4)9-20-14-17-16-13(21-14)18(2)3/h5-8,11,15H,9H2,1-4H3. The van der Waals surface area contributed by atoms with Gasteiger partial charge in [0.2, 0.25) is 5.13 Å². The van der Waals surface area contributed by atoms with Crippen LogP contribution in [0.1, 0.15) is 11.6 Å². The molecule has 114 valence electrons. The van der Waals surface area contributed by atoms with Gasteiger partial charge in [0.05, 0.1) is 7.11 Å². The maximum Gasteiger partial charge on any atom is 0.208 e. The monoisotopic (exact) mass is 324 g/mol. The molecule has 0 saturated carbocycles. The number of anilines is 1. The van der Waals surface area contributed by atoms with Gasteiger partial charge in [-0.3, -0.25) is 0 Å². The van der Waals surface area contributed by atoms with Gasteiger partial charge < -0.3 is 15.0 Å². The Kier molecular flexibility index (Phi) is 5.84. The third kappa shape index (κ3) is 4.09. The molecule has 0 fully saturated rings. The lowest BCUT2D eigenvalue weighted by molar-refractivity contribution is 0.404. The average molecular weight is 324 g/mol. The molecule has 0 saturated heterocycles. The Bertz CT molecular complexity index is 574. The van der Waals surface area contributed by atoms with Gasteiger partial charge in [-0.05, 0) is 13.1 Å². The highest BCUT2D eigenvalue weighted by Gasteiger charge is 2.16. The van der Waals surface area contributed by atoms with Crippen LogP contribution in [0.15, 0.2) is 28.6 Å². The first-order valence-electron chi connectivity index (χ1n) is 6.59. The number of ether oxygens (including phenoxy) is 1. The van der Waals surface area contributed by atoms with Crippen molar-refractivity contribution in [3.63, 3.8) is 0 Å². The molecule has 0 aliphatic carbocycles. The van der Waals surface area contributed by atoms with E-state index in [0.29, 0.717) is 0 Å². The highest BCUT2D eigenvalue weighted by atomic mass is 32.2. The third-order valence-corrected chi connectivity index (χ3v) is 5.33. The average Bonchev–Trinajstić information content (AvgIpc) is 2.97. The van der Waals surface area contributed by atoms with E-state index in [2.05, 4.69) is 21.6 Å². The Morgan fingerprint density at radius 2 is 2.10 bits per heavy atom. The topological polar surface area (TPSA) is 50.3 Å². The van der Waals surface area contributed by atoms with Gasteiger partial charge in [-0.2, -0.15) is 0 Å². The number of methoxy groups -OCH3 is 1. The molecule has 0 amide bonds. The minimum Gasteiger partial charge on any atom is -0.496 e. The number of thioether (sulfide) groups is 1. The van der Waals surface area contributed by atoms with Crippen molar-refractivity contribution >= 4 is 28.2 Å². The Labute approximate surface area is 133 Å². The minimum atomic E-state index is 0.206. The molecule has 2 rings (SSSR count). The summed E-state index contributed by atoms with van der Waals surface area (Å²) in [5, 5.41) is 12.6. The summed E-state index contributed by atoms with van der Waals surface area (Å²) in [5.41, 5.74) is 1.16. The molecule has 1 N–H and O–H groups in total. The van der Waals surface area contributed by atoms with Crippen molar-refractivity contribution in [1.29, 1.82) is 0 Å². The van der Waals surface area contributed by atoms with Gasteiger partial charge in [0, 0.05) is 31.5 Å². The van der Waals surface area contributed by atoms with Crippen molar-refractivity contribution in [2.45, 2.75) is 10.4 Å². The van der Waals surface area contributed by atoms with Gasteiger partial charge in [-0.25, -0.2) is 0 Å². The Morgan fingerprint density at radius 3 is 2.71 bits per heavy atom. The normalized spacial score (nSPS) is 12.2. The summed E-state index contributed by atoms with van der Waals surface area (Å²) in [6, 6.07) is 8.29. The zero-order valence-electron chi connectivity index (χ0n) is 12.7. The summed E-state index contributed by atoms with van der Waals surface area (Å²) in [4.78, 5) is 1.97. The van der Waals surface area contributed by atoms with E-state index in [1.807, 2.05) is 44.2 Å². The lowest BCUT2D eigenvalue weighted by Gasteiger charge is -2.18. The zero-order chi connectivity index (χ0) is 15.2. The van der Waals surface area contributed by atoms with Crippen LogP contribution in [0.4, 0.5) is 5.13 Å². The molecule has 1 heterocycles. The SMILES string of the molecule is CNC(CSc1nnc(N(C)C)s1)c1ccccc1OC.